The third-order valence-corrected chi connectivity index (χ3v) is 4.75. The van der Waals surface area contributed by atoms with E-state index >= 15 is 0 Å². The fourth-order valence-electron chi connectivity index (χ4n) is 3.61. The van der Waals surface area contributed by atoms with E-state index in [1.165, 1.54) is 30.4 Å². The van der Waals surface area contributed by atoms with Crippen molar-refractivity contribution in [3.63, 3.8) is 0 Å². The van der Waals surface area contributed by atoms with E-state index in [1.54, 1.807) is 7.11 Å². The van der Waals surface area contributed by atoms with Crippen LogP contribution in [0.2, 0.25) is 0 Å². The SMILES string of the molecule is COc1ccc(C)cc1CC(N)C1CCCC1(C)C. The molecule has 0 aliphatic heterocycles. The first kappa shape index (κ1) is 14.4. The van der Waals surface area contributed by atoms with Gasteiger partial charge in [-0.3, -0.25) is 0 Å². The second kappa shape index (κ2) is 5.54. The maximum Gasteiger partial charge on any atom is 0.122 e. The molecule has 0 radical (unpaired) electrons. The van der Waals surface area contributed by atoms with Crippen LogP contribution in [-0.4, -0.2) is 13.2 Å². The number of hydrogen-bond acceptors (Lipinski definition) is 2. The molecule has 106 valence electrons. The summed E-state index contributed by atoms with van der Waals surface area (Å²) < 4.78 is 5.46. The molecule has 0 bridgehead atoms. The van der Waals surface area contributed by atoms with Crippen LogP contribution in [0, 0.1) is 18.3 Å². The molecule has 2 atom stereocenters. The highest BCUT2D eigenvalue weighted by Crippen LogP contribution is 2.44. The van der Waals surface area contributed by atoms with E-state index in [0.29, 0.717) is 11.3 Å². The number of aryl methyl sites for hydroxylation is 1. The Morgan fingerprint density at radius 2 is 2.16 bits per heavy atom. The predicted octanol–water partition coefficient (Wildman–Crippen LogP) is 3.70. The minimum Gasteiger partial charge on any atom is -0.496 e. The van der Waals surface area contributed by atoms with E-state index in [4.69, 9.17) is 10.5 Å². The first-order valence-electron chi connectivity index (χ1n) is 7.33. The van der Waals surface area contributed by atoms with E-state index in [9.17, 15) is 0 Å². The van der Waals surface area contributed by atoms with E-state index in [2.05, 4.69) is 39.0 Å². The van der Waals surface area contributed by atoms with Gasteiger partial charge in [0.15, 0.2) is 0 Å². The molecule has 2 unspecified atom stereocenters. The number of methoxy groups -OCH3 is 1. The maximum absolute atomic E-state index is 6.50. The monoisotopic (exact) mass is 261 g/mol. The molecule has 1 aliphatic rings. The van der Waals surface area contributed by atoms with Crippen LogP contribution < -0.4 is 10.5 Å². The van der Waals surface area contributed by atoms with Crippen LogP contribution in [0.15, 0.2) is 18.2 Å². The highest BCUT2D eigenvalue weighted by molar-refractivity contribution is 5.37. The van der Waals surface area contributed by atoms with Crippen LogP contribution in [-0.2, 0) is 6.42 Å². The maximum atomic E-state index is 6.50. The summed E-state index contributed by atoms with van der Waals surface area (Å²) in [4.78, 5) is 0. The molecule has 0 spiro atoms. The molecule has 2 heteroatoms. The lowest BCUT2D eigenvalue weighted by atomic mass is 9.76. The number of benzene rings is 1. The summed E-state index contributed by atoms with van der Waals surface area (Å²) in [6, 6.07) is 6.58. The van der Waals surface area contributed by atoms with Gasteiger partial charge in [-0.15, -0.1) is 0 Å². The molecule has 1 fully saturated rings. The zero-order valence-corrected chi connectivity index (χ0v) is 12.7. The Morgan fingerprint density at radius 3 is 2.74 bits per heavy atom. The van der Waals surface area contributed by atoms with Gasteiger partial charge in [0.1, 0.15) is 5.75 Å². The first-order chi connectivity index (χ1) is 8.94. The van der Waals surface area contributed by atoms with Crippen molar-refractivity contribution in [3.8, 4) is 5.75 Å². The predicted molar refractivity (Wildman–Crippen MR) is 80.5 cm³/mol. The first-order valence-corrected chi connectivity index (χ1v) is 7.33. The Hall–Kier alpha value is -1.02. The van der Waals surface area contributed by atoms with Gasteiger partial charge < -0.3 is 10.5 Å². The Balaban J connectivity index is 2.14. The lowest BCUT2D eigenvalue weighted by molar-refractivity contribution is 0.219. The van der Waals surface area contributed by atoms with Crippen molar-refractivity contribution in [1.82, 2.24) is 0 Å². The number of rotatable bonds is 4. The highest BCUT2D eigenvalue weighted by atomic mass is 16.5. The summed E-state index contributed by atoms with van der Waals surface area (Å²) >= 11 is 0. The molecule has 19 heavy (non-hydrogen) atoms. The van der Waals surface area contributed by atoms with Gasteiger partial charge in [-0.1, -0.05) is 38.0 Å². The normalized spacial score (nSPS) is 23.3. The van der Waals surface area contributed by atoms with Gasteiger partial charge >= 0.3 is 0 Å². The van der Waals surface area contributed by atoms with Crippen molar-refractivity contribution in [1.29, 1.82) is 0 Å². The van der Waals surface area contributed by atoms with Crippen LogP contribution in [0.25, 0.3) is 0 Å². The van der Waals surface area contributed by atoms with Crippen LogP contribution in [0.1, 0.15) is 44.2 Å². The topological polar surface area (TPSA) is 35.2 Å². The molecule has 0 aromatic heterocycles. The van der Waals surface area contributed by atoms with E-state index in [0.717, 1.165) is 12.2 Å². The summed E-state index contributed by atoms with van der Waals surface area (Å²) in [6.07, 6.45) is 4.80. The molecule has 2 N–H and O–H groups in total. The molecule has 0 heterocycles. The summed E-state index contributed by atoms with van der Waals surface area (Å²) in [5, 5.41) is 0. The smallest absolute Gasteiger partial charge is 0.122 e. The largest absolute Gasteiger partial charge is 0.496 e. The lowest BCUT2D eigenvalue weighted by Gasteiger charge is -2.32. The summed E-state index contributed by atoms with van der Waals surface area (Å²) in [6.45, 7) is 6.84. The summed E-state index contributed by atoms with van der Waals surface area (Å²) in [5.41, 5.74) is 9.41. The fraction of sp³-hybridized carbons (Fsp3) is 0.647. The van der Waals surface area contributed by atoms with Gasteiger partial charge in [-0.25, -0.2) is 0 Å². The minimum atomic E-state index is 0.230. The molecular formula is C17H27NO. The third kappa shape index (κ3) is 3.11. The average Bonchev–Trinajstić information content (AvgIpc) is 2.69. The van der Waals surface area contributed by atoms with Crippen molar-refractivity contribution >= 4 is 0 Å². The van der Waals surface area contributed by atoms with Crippen molar-refractivity contribution in [2.24, 2.45) is 17.1 Å². The third-order valence-electron chi connectivity index (χ3n) is 4.75. The molecular weight excluding hydrogens is 234 g/mol. The Bertz CT molecular complexity index is 439. The molecule has 1 aliphatic carbocycles. The Morgan fingerprint density at radius 1 is 1.42 bits per heavy atom. The number of ether oxygens (including phenoxy) is 1. The van der Waals surface area contributed by atoms with E-state index in [1.807, 2.05) is 0 Å². The zero-order chi connectivity index (χ0) is 14.0. The van der Waals surface area contributed by atoms with Crippen molar-refractivity contribution < 1.29 is 4.74 Å². The number of nitrogens with two attached hydrogens (primary N) is 1. The zero-order valence-electron chi connectivity index (χ0n) is 12.7. The van der Waals surface area contributed by atoms with Crippen molar-refractivity contribution in [3.05, 3.63) is 29.3 Å². The van der Waals surface area contributed by atoms with E-state index < -0.39 is 0 Å². The van der Waals surface area contributed by atoms with Gasteiger partial charge in [0.05, 0.1) is 7.11 Å². The average molecular weight is 261 g/mol. The van der Waals surface area contributed by atoms with Crippen LogP contribution in [0.3, 0.4) is 0 Å². The molecule has 0 saturated heterocycles. The van der Waals surface area contributed by atoms with Crippen LogP contribution in [0.5, 0.6) is 5.75 Å². The second-order valence-corrected chi connectivity index (χ2v) is 6.67. The minimum absolute atomic E-state index is 0.230. The van der Waals surface area contributed by atoms with E-state index in [-0.39, 0.29) is 6.04 Å². The van der Waals surface area contributed by atoms with Crippen molar-refractivity contribution in [2.45, 2.75) is 52.5 Å². The molecule has 1 saturated carbocycles. The second-order valence-electron chi connectivity index (χ2n) is 6.67. The highest BCUT2D eigenvalue weighted by Gasteiger charge is 2.38. The van der Waals surface area contributed by atoms with Gasteiger partial charge in [-0.2, -0.15) is 0 Å². The van der Waals surface area contributed by atoms with Gasteiger partial charge in [-0.05, 0) is 49.1 Å². The van der Waals surface area contributed by atoms with Gasteiger partial charge in [0, 0.05) is 6.04 Å². The molecule has 0 amide bonds. The quantitative estimate of drug-likeness (QED) is 0.897. The van der Waals surface area contributed by atoms with Crippen LogP contribution in [0.4, 0.5) is 0 Å². The number of hydrogen-bond donors (Lipinski definition) is 1. The molecule has 1 aromatic carbocycles. The molecule has 2 nitrogen and oxygen atoms in total. The van der Waals surface area contributed by atoms with Gasteiger partial charge in [0.2, 0.25) is 0 Å². The fourth-order valence-corrected chi connectivity index (χ4v) is 3.61. The Kier molecular flexibility index (Phi) is 4.19. The van der Waals surface area contributed by atoms with Crippen molar-refractivity contribution in [2.75, 3.05) is 7.11 Å². The summed E-state index contributed by atoms with van der Waals surface area (Å²) in [7, 11) is 1.74. The molecule has 2 rings (SSSR count). The molecule has 1 aromatic rings. The van der Waals surface area contributed by atoms with Gasteiger partial charge in [0.25, 0.3) is 0 Å². The summed E-state index contributed by atoms with van der Waals surface area (Å²) in [5.74, 6) is 1.59. The standard InChI is InChI=1S/C17H27NO/c1-12-7-8-16(19-4)13(10-12)11-15(18)14-6-5-9-17(14,2)3/h7-8,10,14-15H,5-6,9,11,18H2,1-4H3. The lowest BCUT2D eigenvalue weighted by Crippen LogP contribution is -2.38. The van der Waals surface area contributed by atoms with Crippen LogP contribution >= 0.6 is 0 Å². The Labute approximate surface area is 117 Å².